The lowest BCUT2D eigenvalue weighted by atomic mass is 10.1. The summed E-state index contributed by atoms with van der Waals surface area (Å²) in [6.07, 6.45) is -3.87. The highest BCUT2D eigenvalue weighted by Gasteiger charge is 2.34. The minimum Gasteiger partial charge on any atom is -0.497 e. The van der Waals surface area contributed by atoms with Crippen molar-refractivity contribution in [2.75, 3.05) is 13.7 Å². The van der Waals surface area contributed by atoms with Gasteiger partial charge < -0.3 is 9.47 Å². The molecule has 1 aromatic carbocycles. The SMILES string of the molecule is CCOc1nn(-c2nc(-c3cccc(OC)c3)cc(C(F)(F)F)n2)cc1[N+](=O)[O-]. The van der Waals surface area contributed by atoms with Crippen molar-refractivity contribution in [3.63, 3.8) is 0 Å². The van der Waals surface area contributed by atoms with Crippen LogP contribution < -0.4 is 9.47 Å². The number of nitrogens with zero attached hydrogens (tertiary/aromatic N) is 5. The van der Waals surface area contributed by atoms with Gasteiger partial charge in [0, 0.05) is 5.56 Å². The van der Waals surface area contributed by atoms with Gasteiger partial charge in [-0.15, -0.1) is 5.10 Å². The van der Waals surface area contributed by atoms with Crippen molar-refractivity contribution in [1.82, 2.24) is 19.7 Å². The van der Waals surface area contributed by atoms with Crippen LogP contribution >= 0.6 is 0 Å². The molecule has 0 unspecified atom stereocenters. The second-order valence-electron chi connectivity index (χ2n) is 5.62. The van der Waals surface area contributed by atoms with Crippen molar-refractivity contribution >= 4 is 5.69 Å². The summed E-state index contributed by atoms with van der Waals surface area (Å²) >= 11 is 0. The van der Waals surface area contributed by atoms with Crippen LogP contribution in [0.5, 0.6) is 11.6 Å². The Morgan fingerprint density at radius 2 is 2.00 bits per heavy atom. The molecule has 0 saturated carbocycles. The molecule has 0 atom stereocenters. The van der Waals surface area contributed by atoms with E-state index in [4.69, 9.17) is 9.47 Å². The first-order valence-electron chi connectivity index (χ1n) is 8.21. The van der Waals surface area contributed by atoms with Crippen molar-refractivity contribution in [2.24, 2.45) is 0 Å². The lowest BCUT2D eigenvalue weighted by molar-refractivity contribution is -0.385. The number of nitro groups is 1. The zero-order valence-electron chi connectivity index (χ0n) is 15.2. The third-order valence-corrected chi connectivity index (χ3v) is 3.72. The first kappa shape index (κ1) is 20.0. The highest BCUT2D eigenvalue weighted by atomic mass is 19.4. The van der Waals surface area contributed by atoms with E-state index in [0.717, 1.165) is 16.9 Å². The van der Waals surface area contributed by atoms with Gasteiger partial charge in [-0.1, -0.05) is 12.1 Å². The maximum Gasteiger partial charge on any atom is 0.433 e. The molecular weight excluding hydrogens is 395 g/mol. The van der Waals surface area contributed by atoms with Crippen molar-refractivity contribution in [1.29, 1.82) is 0 Å². The third-order valence-electron chi connectivity index (χ3n) is 3.72. The minimum atomic E-state index is -4.77. The van der Waals surface area contributed by atoms with Gasteiger partial charge in [0.15, 0.2) is 5.69 Å². The molecule has 29 heavy (non-hydrogen) atoms. The van der Waals surface area contributed by atoms with Crippen LogP contribution in [0, 0.1) is 10.1 Å². The molecule has 0 spiro atoms. The number of halogens is 3. The summed E-state index contributed by atoms with van der Waals surface area (Å²) in [4.78, 5) is 18.0. The average Bonchev–Trinajstić information content (AvgIpc) is 3.12. The topological polar surface area (TPSA) is 105 Å². The minimum absolute atomic E-state index is 0.0580. The van der Waals surface area contributed by atoms with Gasteiger partial charge in [0.05, 0.1) is 24.3 Å². The van der Waals surface area contributed by atoms with Gasteiger partial charge in [-0.05, 0) is 25.1 Å². The highest BCUT2D eigenvalue weighted by Crippen LogP contribution is 2.32. The lowest BCUT2D eigenvalue weighted by Crippen LogP contribution is -2.13. The number of hydrogen-bond donors (Lipinski definition) is 0. The molecule has 0 bridgehead atoms. The van der Waals surface area contributed by atoms with Gasteiger partial charge in [-0.3, -0.25) is 10.1 Å². The van der Waals surface area contributed by atoms with Gasteiger partial charge in [0.2, 0.25) is 0 Å². The monoisotopic (exact) mass is 409 g/mol. The molecule has 3 rings (SSSR count). The first-order valence-corrected chi connectivity index (χ1v) is 8.21. The summed E-state index contributed by atoms with van der Waals surface area (Å²) in [5, 5.41) is 15.0. The largest absolute Gasteiger partial charge is 0.497 e. The summed E-state index contributed by atoms with van der Waals surface area (Å²) in [7, 11) is 1.42. The van der Waals surface area contributed by atoms with Crippen LogP contribution in [0.3, 0.4) is 0 Å². The summed E-state index contributed by atoms with van der Waals surface area (Å²) in [6, 6.07) is 7.05. The van der Waals surface area contributed by atoms with E-state index in [1.807, 2.05) is 0 Å². The summed E-state index contributed by atoms with van der Waals surface area (Å²) < 4.78 is 51.1. The Bertz CT molecular complexity index is 1050. The normalized spacial score (nSPS) is 11.3. The number of ether oxygens (including phenoxy) is 2. The summed E-state index contributed by atoms with van der Waals surface area (Å²) in [5.74, 6) is -0.419. The number of aromatic nitrogens is 4. The van der Waals surface area contributed by atoms with Crippen LogP contribution in [0.15, 0.2) is 36.5 Å². The van der Waals surface area contributed by atoms with Crippen LogP contribution in [0.1, 0.15) is 12.6 Å². The smallest absolute Gasteiger partial charge is 0.433 e. The van der Waals surface area contributed by atoms with E-state index < -0.39 is 28.4 Å². The number of benzene rings is 1. The second-order valence-corrected chi connectivity index (χ2v) is 5.62. The van der Waals surface area contributed by atoms with Crippen molar-refractivity contribution in [2.45, 2.75) is 13.1 Å². The predicted octanol–water partition coefficient (Wildman–Crippen LogP) is 3.66. The zero-order valence-corrected chi connectivity index (χ0v) is 15.2. The Hall–Kier alpha value is -3.70. The van der Waals surface area contributed by atoms with E-state index in [-0.39, 0.29) is 18.2 Å². The molecule has 0 aliphatic rings. The second kappa shape index (κ2) is 7.73. The van der Waals surface area contributed by atoms with Crippen LogP contribution in [-0.2, 0) is 6.18 Å². The standard InChI is InChI=1S/C17H14F3N5O4/c1-3-29-15-13(25(26)27)9-24(23-15)16-21-12(8-14(22-16)17(18,19)20)10-5-4-6-11(7-10)28-2/h4-9H,3H2,1-2H3. The van der Waals surface area contributed by atoms with Crippen molar-refractivity contribution in [3.8, 4) is 28.8 Å². The molecule has 0 N–H and O–H groups in total. The van der Waals surface area contributed by atoms with E-state index in [0.29, 0.717) is 11.3 Å². The molecule has 2 heterocycles. The fourth-order valence-corrected chi connectivity index (χ4v) is 2.43. The number of methoxy groups -OCH3 is 1. The van der Waals surface area contributed by atoms with E-state index in [2.05, 4.69) is 15.1 Å². The predicted molar refractivity (Wildman–Crippen MR) is 94.0 cm³/mol. The molecule has 12 heteroatoms. The molecule has 0 saturated heterocycles. The molecule has 0 radical (unpaired) electrons. The van der Waals surface area contributed by atoms with Gasteiger partial charge in [0.25, 0.3) is 5.95 Å². The number of rotatable bonds is 6. The van der Waals surface area contributed by atoms with Crippen LogP contribution in [-0.4, -0.2) is 38.4 Å². The number of hydrogen-bond acceptors (Lipinski definition) is 7. The Balaban J connectivity index is 2.19. The quantitative estimate of drug-likeness (QED) is 0.452. The Kier molecular flexibility index (Phi) is 5.35. The van der Waals surface area contributed by atoms with Crippen LogP contribution in [0.2, 0.25) is 0 Å². The van der Waals surface area contributed by atoms with Crippen LogP contribution in [0.4, 0.5) is 18.9 Å². The summed E-state index contributed by atoms with van der Waals surface area (Å²) in [5.41, 5.74) is -1.46. The molecule has 3 aromatic rings. The number of alkyl halides is 3. The Morgan fingerprint density at radius 1 is 1.24 bits per heavy atom. The fraction of sp³-hybridized carbons (Fsp3) is 0.235. The Labute approximate surface area is 161 Å². The van der Waals surface area contributed by atoms with Gasteiger partial charge in [0.1, 0.15) is 11.9 Å². The molecule has 0 amide bonds. The average molecular weight is 409 g/mol. The maximum atomic E-state index is 13.4. The van der Waals surface area contributed by atoms with E-state index >= 15 is 0 Å². The lowest BCUT2D eigenvalue weighted by Gasteiger charge is -2.11. The van der Waals surface area contributed by atoms with Crippen molar-refractivity contribution in [3.05, 3.63) is 52.3 Å². The molecule has 0 aliphatic carbocycles. The zero-order chi connectivity index (χ0) is 21.2. The van der Waals surface area contributed by atoms with Gasteiger partial charge >= 0.3 is 17.7 Å². The summed E-state index contributed by atoms with van der Waals surface area (Å²) in [6.45, 7) is 1.67. The van der Waals surface area contributed by atoms with E-state index in [1.54, 1.807) is 25.1 Å². The first-order chi connectivity index (χ1) is 13.7. The molecule has 9 nitrogen and oxygen atoms in total. The molecule has 0 fully saturated rings. The Morgan fingerprint density at radius 3 is 2.62 bits per heavy atom. The van der Waals surface area contributed by atoms with Crippen LogP contribution in [0.25, 0.3) is 17.2 Å². The fourth-order valence-electron chi connectivity index (χ4n) is 2.43. The molecule has 152 valence electrons. The third kappa shape index (κ3) is 4.25. The molecular formula is C17H14F3N5O4. The maximum absolute atomic E-state index is 13.4. The highest BCUT2D eigenvalue weighted by molar-refractivity contribution is 5.62. The van der Waals surface area contributed by atoms with Gasteiger partial charge in [-0.25, -0.2) is 9.97 Å². The van der Waals surface area contributed by atoms with Gasteiger partial charge in [-0.2, -0.15) is 17.9 Å². The molecule has 0 aliphatic heterocycles. The van der Waals surface area contributed by atoms with Crippen molar-refractivity contribution < 1.29 is 27.6 Å². The van der Waals surface area contributed by atoms with E-state index in [9.17, 15) is 23.3 Å². The molecule has 2 aromatic heterocycles. The van der Waals surface area contributed by atoms with E-state index in [1.165, 1.54) is 13.2 Å².